The lowest BCUT2D eigenvalue weighted by Gasteiger charge is -2.23. The van der Waals surface area contributed by atoms with E-state index in [4.69, 9.17) is 0 Å². The second-order valence-electron chi connectivity index (χ2n) is 4.24. The minimum atomic E-state index is 0.781. The normalized spacial score (nSPS) is 19.1. The minimum absolute atomic E-state index is 0.781. The van der Waals surface area contributed by atoms with Gasteiger partial charge in [-0.15, -0.1) is 11.3 Å². The Bertz CT molecular complexity index is 392. The van der Waals surface area contributed by atoms with Crippen LogP contribution in [-0.2, 0) is 0 Å². The molecule has 14 heavy (non-hydrogen) atoms. The molecule has 1 fully saturated rings. The molecule has 0 atom stereocenters. The highest BCUT2D eigenvalue weighted by Gasteiger charge is 2.15. The average molecular weight is 205 g/mol. The van der Waals surface area contributed by atoms with Gasteiger partial charge in [0, 0.05) is 23.8 Å². The van der Waals surface area contributed by atoms with Crippen LogP contribution in [0, 0.1) is 0 Å². The van der Waals surface area contributed by atoms with E-state index in [1.807, 2.05) is 11.3 Å². The first-order valence-electron chi connectivity index (χ1n) is 5.48. The van der Waals surface area contributed by atoms with Gasteiger partial charge in [0.1, 0.15) is 0 Å². The van der Waals surface area contributed by atoms with Gasteiger partial charge in [-0.05, 0) is 24.3 Å². The fourth-order valence-electron chi connectivity index (χ4n) is 2.47. The van der Waals surface area contributed by atoms with Crippen molar-refractivity contribution in [2.45, 2.75) is 38.1 Å². The molecule has 0 saturated heterocycles. The molecule has 0 bridgehead atoms. The van der Waals surface area contributed by atoms with Gasteiger partial charge in [-0.2, -0.15) is 0 Å². The van der Waals surface area contributed by atoms with Crippen molar-refractivity contribution in [1.29, 1.82) is 0 Å². The van der Waals surface area contributed by atoms with Crippen LogP contribution in [0.5, 0.6) is 0 Å². The summed E-state index contributed by atoms with van der Waals surface area (Å²) in [6.07, 6.45) is 11.7. The minimum Gasteiger partial charge on any atom is -0.349 e. The van der Waals surface area contributed by atoms with Crippen LogP contribution in [0.3, 0.4) is 0 Å². The first kappa shape index (κ1) is 8.54. The van der Waals surface area contributed by atoms with Crippen LogP contribution in [0.2, 0.25) is 0 Å². The molecule has 0 N–H and O–H groups in total. The molecule has 3 rings (SSSR count). The van der Waals surface area contributed by atoms with Crippen molar-refractivity contribution in [2.75, 3.05) is 0 Å². The first-order chi connectivity index (χ1) is 6.93. The number of hydrogen-bond acceptors (Lipinski definition) is 1. The number of rotatable bonds is 1. The zero-order valence-corrected chi connectivity index (χ0v) is 9.09. The smallest absolute Gasteiger partial charge is 0.0519 e. The van der Waals surface area contributed by atoms with E-state index in [2.05, 4.69) is 28.4 Å². The van der Waals surface area contributed by atoms with E-state index in [0.717, 1.165) is 6.04 Å². The topological polar surface area (TPSA) is 4.93 Å². The van der Waals surface area contributed by atoms with Crippen LogP contribution >= 0.6 is 11.3 Å². The van der Waals surface area contributed by atoms with E-state index in [1.54, 1.807) is 0 Å². The SMILES string of the molecule is c1cc2cn(C3CCCCC3)cc2s1. The Balaban J connectivity index is 1.92. The second-order valence-corrected chi connectivity index (χ2v) is 5.19. The zero-order valence-electron chi connectivity index (χ0n) is 8.28. The summed E-state index contributed by atoms with van der Waals surface area (Å²) in [6.45, 7) is 0. The van der Waals surface area contributed by atoms with Crippen LogP contribution in [0.25, 0.3) is 10.1 Å². The number of hydrogen-bond donors (Lipinski definition) is 0. The largest absolute Gasteiger partial charge is 0.349 e. The fraction of sp³-hybridized carbons (Fsp3) is 0.500. The Labute approximate surface area is 88.4 Å². The van der Waals surface area contributed by atoms with Gasteiger partial charge >= 0.3 is 0 Å². The predicted molar refractivity (Wildman–Crippen MR) is 61.9 cm³/mol. The van der Waals surface area contributed by atoms with Gasteiger partial charge < -0.3 is 4.57 Å². The van der Waals surface area contributed by atoms with Gasteiger partial charge in [0.05, 0.1) is 4.70 Å². The van der Waals surface area contributed by atoms with Crippen LogP contribution in [0.4, 0.5) is 0 Å². The van der Waals surface area contributed by atoms with E-state index in [-0.39, 0.29) is 0 Å². The van der Waals surface area contributed by atoms with Crippen LogP contribution in [0.15, 0.2) is 23.8 Å². The molecule has 2 heterocycles. The van der Waals surface area contributed by atoms with Gasteiger partial charge in [-0.1, -0.05) is 19.3 Å². The second kappa shape index (κ2) is 3.43. The van der Waals surface area contributed by atoms with Gasteiger partial charge in [0.15, 0.2) is 0 Å². The zero-order chi connectivity index (χ0) is 9.38. The molecule has 2 aromatic heterocycles. The molecule has 74 valence electrons. The van der Waals surface area contributed by atoms with Crippen LogP contribution in [0.1, 0.15) is 38.1 Å². The monoisotopic (exact) mass is 205 g/mol. The molecule has 0 radical (unpaired) electrons. The van der Waals surface area contributed by atoms with Gasteiger partial charge in [-0.25, -0.2) is 0 Å². The number of thiophene rings is 1. The van der Waals surface area contributed by atoms with Crippen molar-refractivity contribution in [2.24, 2.45) is 0 Å². The fourth-order valence-corrected chi connectivity index (χ4v) is 3.27. The Morgan fingerprint density at radius 3 is 2.79 bits per heavy atom. The molecule has 2 aromatic rings. The Hall–Kier alpha value is -0.760. The number of fused-ring (bicyclic) bond motifs is 1. The van der Waals surface area contributed by atoms with E-state index in [9.17, 15) is 0 Å². The maximum absolute atomic E-state index is 2.44. The van der Waals surface area contributed by atoms with Gasteiger partial charge in [0.2, 0.25) is 0 Å². The third-order valence-electron chi connectivity index (χ3n) is 3.28. The molecule has 0 aromatic carbocycles. The molecular formula is C12H15NS. The molecule has 1 aliphatic carbocycles. The summed E-state index contributed by atoms with van der Waals surface area (Å²) in [5.74, 6) is 0. The van der Waals surface area contributed by atoms with E-state index >= 15 is 0 Å². The summed E-state index contributed by atoms with van der Waals surface area (Å²) >= 11 is 1.85. The third kappa shape index (κ3) is 1.38. The lowest BCUT2D eigenvalue weighted by Crippen LogP contribution is -2.10. The van der Waals surface area contributed by atoms with Crippen molar-refractivity contribution in [1.82, 2.24) is 4.57 Å². The summed E-state index contributed by atoms with van der Waals surface area (Å²) in [6, 6.07) is 3.00. The Morgan fingerprint density at radius 2 is 2.00 bits per heavy atom. The quantitative estimate of drug-likeness (QED) is 0.657. The van der Waals surface area contributed by atoms with Crippen molar-refractivity contribution >= 4 is 21.4 Å². The van der Waals surface area contributed by atoms with Crippen molar-refractivity contribution in [3.8, 4) is 0 Å². The number of nitrogens with zero attached hydrogens (tertiary/aromatic N) is 1. The molecule has 2 heteroatoms. The summed E-state index contributed by atoms with van der Waals surface area (Å²) < 4.78 is 3.89. The molecule has 0 spiro atoms. The molecular weight excluding hydrogens is 190 g/mol. The van der Waals surface area contributed by atoms with Crippen molar-refractivity contribution < 1.29 is 0 Å². The lowest BCUT2D eigenvalue weighted by molar-refractivity contribution is 0.355. The predicted octanol–water partition coefficient (Wildman–Crippen LogP) is 4.21. The molecule has 0 amide bonds. The molecule has 0 unspecified atom stereocenters. The average Bonchev–Trinajstić information content (AvgIpc) is 2.78. The third-order valence-corrected chi connectivity index (χ3v) is 4.15. The van der Waals surface area contributed by atoms with E-state index < -0.39 is 0 Å². The molecule has 1 aliphatic rings. The lowest BCUT2D eigenvalue weighted by atomic mass is 9.95. The summed E-state index contributed by atoms with van der Waals surface area (Å²) in [4.78, 5) is 0. The summed E-state index contributed by atoms with van der Waals surface area (Å²) in [5.41, 5.74) is 0. The summed E-state index contributed by atoms with van der Waals surface area (Å²) in [7, 11) is 0. The maximum atomic E-state index is 2.44. The van der Waals surface area contributed by atoms with E-state index in [1.165, 1.54) is 42.2 Å². The van der Waals surface area contributed by atoms with Gasteiger partial charge in [-0.3, -0.25) is 0 Å². The van der Waals surface area contributed by atoms with Crippen molar-refractivity contribution in [3.05, 3.63) is 23.8 Å². The van der Waals surface area contributed by atoms with Crippen LogP contribution in [-0.4, -0.2) is 4.57 Å². The Morgan fingerprint density at radius 1 is 1.14 bits per heavy atom. The number of aromatic nitrogens is 1. The van der Waals surface area contributed by atoms with Crippen molar-refractivity contribution in [3.63, 3.8) is 0 Å². The molecule has 1 saturated carbocycles. The highest BCUT2D eigenvalue weighted by molar-refractivity contribution is 7.17. The summed E-state index contributed by atoms with van der Waals surface area (Å²) in [5, 5.41) is 3.59. The highest BCUT2D eigenvalue weighted by atomic mass is 32.1. The highest BCUT2D eigenvalue weighted by Crippen LogP contribution is 2.31. The van der Waals surface area contributed by atoms with Gasteiger partial charge in [0.25, 0.3) is 0 Å². The van der Waals surface area contributed by atoms with E-state index in [0.29, 0.717) is 0 Å². The van der Waals surface area contributed by atoms with Crippen LogP contribution < -0.4 is 0 Å². The Kier molecular flexibility index (Phi) is 2.09. The molecule has 1 nitrogen and oxygen atoms in total. The molecule has 0 aliphatic heterocycles. The standard InChI is InChI=1S/C12H15NS/c1-2-4-11(5-3-1)13-8-10-6-7-14-12(10)9-13/h6-9,11H,1-5H2. The maximum Gasteiger partial charge on any atom is 0.0519 e. The first-order valence-corrected chi connectivity index (χ1v) is 6.36.